The first-order valence-corrected chi connectivity index (χ1v) is 5.27. The maximum absolute atomic E-state index is 3.97. The molecule has 0 radical (unpaired) electrons. The molecule has 1 aliphatic rings. The zero-order chi connectivity index (χ0) is 8.39. The van der Waals surface area contributed by atoms with Gasteiger partial charge in [-0.1, -0.05) is 24.7 Å². The molecule has 0 amide bonds. The van der Waals surface area contributed by atoms with Crippen molar-refractivity contribution in [3.05, 3.63) is 5.51 Å². The van der Waals surface area contributed by atoms with E-state index in [1.165, 1.54) is 19.3 Å². The molecule has 4 heteroatoms. The van der Waals surface area contributed by atoms with Gasteiger partial charge in [-0.15, -0.1) is 10.2 Å². The van der Waals surface area contributed by atoms with Gasteiger partial charge in [-0.25, -0.2) is 0 Å². The van der Waals surface area contributed by atoms with Gasteiger partial charge >= 0.3 is 0 Å². The summed E-state index contributed by atoms with van der Waals surface area (Å²) in [6.45, 7) is 2.30. The first-order valence-electron chi connectivity index (χ1n) is 4.39. The van der Waals surface area contributed by atoms with Crippen molar-refractivity contribution >= 4 is 16.5 Å². The fourth-order valence-corrected chi connectivity index (χ4v) is 2.26. The molecule has 2 unspecified atom stereocenters. The molecule has 0 bridgehead atoms. The number of rotatable bonds is 2. The molecule has 0 aromatic carbocycles. The minimum atomic E-state index is 0.623. The predicted molar refractivity (Wildman–Crippen MR) is 50.3 cm³/mol. The molecule has 2 rings (SSSR count). The Bertz CT molecular complexity index is 234. The van der Waals surface area contributed by atoms with Crippen LogP contribution in [0.1, 0.15) is 26.2 Å². The number of hydrogen-bond acceptors (Lipinski definition) is 4. The van der Waals surface area contributed by atoms with E-state index in [-0.39, 0.29) is 0 Å². The lowest BCUT2D eigenvalue weighted by Crippen LogP contribution is -2.21. The number of aromatic nitrogens is 2. The molecule has 66 valence electrons. The van der Waals surface area contributed by atoms with Crippen molar-refractivity contribution in [2.24, 2.45) is 5.92 Å². The molecule has 1 aromatic rings. The molecule has 0 aliphatic heterocycles. The third-order valence-corrected chi connectivity index (χ3v) is 3.15. The molecular weight excluding hydrogens is 170 g/mol. The third-order valence-electron chi connectivity index (χ3n) is 2.53. The van der Waals surface area contributed by atoms with E-state index in [1.54, 1.807) is 16.8 Å². The average molecular weight is 183 g/mol. The van der Waals surface area contributed by atoms with Crippen molar-refractivity contribution in [3.63, 3.8) is 0 Å². The molecular formula is C8H13N3S. The monoisotopic (exact) mass is 183 g/mol. The molecule has 2 atom stereocenters. The Morgan fingerprint density at radius 3 is 3.08 bits per heavy atom. The standard InChI is InChI=1S/C8H13N3S/c1-6-3-2-4-7(6)10-8-11-9-5-12-8/h5-7H,2-4H2,1H3,(H,10,11). The molecule has 1 fully saturated rings. The van der Waals surface area contributed by atoms with Gasteiger partial charge in [0.25, 0.3) is 0 Å². The Morgan fingerprint density at radius 1 is 1.58 bits per heavy atom. The van der Waals surface area contributed by atoms with Crippen LogP contribution in [0.2, 0.25) is 0 Å². The van der Waals surface area contributed by atoms with Crippen molar-refractivity contribution in [2.45, 2.75) is 32.2 Å². The van der Waals surface area contributed by atoms with Gasteiger partial charge in [0.15, 0.2) is 0 Å². The van der Waals surface area contributed by atoms with E-state index in [2.05, 4.69) is 22.4 Å². The normalized spacial score (nSPS) is 29.1. The minimum absolute atomic E-state index is 0.623. The summed E-state index contributed by atoms with van der Waals surface area (Å²) in [4.78, 5) is 0. The van der Waals surface area contributed by atoms with Crippen LogP contribution >= 0.6 is 11.3 Å². The Hall–Kier alpha value is -0.640. The Balaban J connectivity index is 1.95. The molecule has 1 saturated carbocycles. The first-order chi connectivity index (χ1) is 5.86. The van der Waals surface area contributed by atoms with Crippen LogP contribution in [0.15, 0.2) is 5.51 Å². The summed E-state index contributed by atoms with van der Waals surface area (Å²) in [7, 11) is 0. The lowest BCUT2D eigenvalue weighted by molar-refractivity contribution is 0.555. The van der Waals surface area contributed by atoms with Crippen molar-refractivity contribution in [1.82, 2.24) is 10.2 Å². The van der Waals surface area contributed by atoms with Crippen LogP contribution in [0, 0.1) is 5.92 Å². The molecule has 1 aliphatic carbocycles. The van der Waals surface area contributed by atoms with Crippen LogP contribution in [-0.2, 0) is 0 Å². The molecule has 1 N–H and O–H groups in total. The number of hydrogen-bond donors (Lipinski definition) is 1. The maximum atomic E-state index is 3.97. The van der Waals surface area contributed by atoms with Gasteiger partial charge in [0.05, 0.1) is 0 Å². The van der Waals surface area contributed by atoms with Crippen LogP contribution in [0.3, 0.4) is 0 Å². The predicted octanol–water partition coefficient (Wildman–Crippen LogP) is 2.14. The van der Waals surface area contributed by atoms with E-state index in [1.807, 2.05) is 0 Å². The molecule has 12 heavy (non-hydrogen) atoms. The van der Waals surface area contributed by atoms with Gasteiger partial charge in [0.2, 0.25) is 5.13 Å². The highest BCUT2D eigenvalue weighted by atomic mass is 32.1. The van der Waals surface area contributed by atoms with E-state index >= 15 is 0 Å². The number of nitrogens with one attached hydrogen (secondary N) is 1. The van der Waals surface area contributed by atoms with E-state index in [0.29, 0.717) is 6.04 Å². The Labute approximate surface area is 76.2 Å². The van der Waals surface area contributed by atoms with Gasteiger partial charge in [-0.2, -0.15) is 0 Å². The zero-order valence-electron chi connectivity index (χ0n) is 7.16. The van der Waals surface area contributed by atoms with Gasteiger partial charge in [0, 0.05) is 6.04 Å². The number of nitrogens with zero attached hydrogens (tertiary/aromatic N) is 2. The molecule has 3 nitrogen and oxygen atoms in total. The second-order valence-corrected chi connectivity index (χ2v) is 4.24. The first kappa shape index (κ1) is 7.98. The topological polar surface area (TPSA) is 37.8 Å². The summed E-state index contributed by atoms with van der Waals surface area (Å²) in [6, 6.07) is 0.623. The summed E-state index contributed by atoms with van der Waals surface area (Å²) in [5.41, 5.74) is 1.77. The third kappa shape index (κ3) is 1.58. The second-order valence-electron chi connectivity index (χ2n) is 3.40. The van der Waals surface area contributed by atoms with Crippen molar-refractivity contribution in [1.29, 1.82) is 0 Å². The minimum Gasteiger partial charge on any atom is -0.357 e. The molecule has 1 aromatic heterocycles. The average Bonchev–Trinajstić information content (AvgIpc) is 2.65. The largest absolute Gasteiger partial charge is 0.357 e. The summed E-state index contributed by atoms with van der Waals surface area (Å²) in [5.74, 6) is 0.786. The van der Waals surface area contributed by atoms with Gasteiger partial charge in [0.1, 0.15) is 5.51 Å². The Kier molecular flexibility index (Phi) is 2.26. The number of anilines is 1. The summed E-state index contributed by atoms with van der Waals surface area (Å²) < 4.78 is 0. The van der Waals surface area contributed by atoms with E-state index in [4.69, 9.17) is 0 Å². The molecule has 1 heterocycles. The highest BCUT2D eigenvalue weighted by Crippen LogP contribution is 2.27. The fraction of sp³-hybridized carbons (Fsp3) is 0.750. The molecule has 0 spiro atoms. The highest BCUT2D eigenvalue weighted by Gasteiger charge is 2.23. The van der Waals surface area contributed by atoms with Crippen LogP contribution in [-0.4, -0.2) is 16.2 Å². The zero-order valence-corrected chi connectivity index (χ0v) is 7.97. The highest BCUT2D eigenvalue weighted by molar-refractivity contribution is 7.13. The van der Waals surface area contributed by atoms with E-state index in [9.17, 15) is 0 Å². The van der Waals surface area contributed by atoms with Gasteiger partial charge in [-0.3, -0.25) is 0 Å². The van der Waals surface area contributed by atoms with Gasteiger partial charge in [-0.05, 0) is 18.8 Å². The van der Waals surface area contributed by atoms with Crippen molar-refractivity contribution < 1.29 is 0 Å². The summed E-state index contributed by atoms with van der Waals surface area (Å²) >= 11 is 1.58. The van der Waals surface area contributed by atoms with Crippen LogP contribution in [0.25, 0.3) is 0 Å². The lowest BCUT2D eigenvalue weighted by Gasteiger charge is -2.15. The summed E-state index contributed by atoms with van der Waals surface area (Å²) in [5, 5.41) is 12.1. The van der Waals surface area contributed by atoms with Crippen LogP contribution < -0.4 is 5.32 Å². The van der Waals surface area contributed by atoms with Crippen molar-refractivity contribution in [2.75, 3.05) is 5.32 Å². The van der Waals surface area contributed by atoms with Gasteiger partial charge < -0.3 is 5.32 Å². The quantitative estimate of drug-likeness (QED) is 0.763. The lowest BCUT2D eigenvalue weighted by atomic mass is 10.1. The van der Waals surface area contributed by atoms with Crippen molar-refractivity contribution in [3.8, 4) is 0 Å². The Morgan fingerprint density at radius 2 is 2.50 bits per heavy atom. The van der Waals surface area contributed by atoms with E-state index in [0.717, 1.165) is 11.0 Å². The van der Waals surface area contributed by atoms with Crippen LogP contribution in [0.4, 0.5) is 5.13 Å². The fourth-order valence-electron chi connectivity index (χ4n) is 1.75. The second kappa shape index (κ2) is 3.39. The van der Waals surface area contributed by atoms with Crippen LogP contribution in [0.5, 0.6) is 0 Å². The maximum Gasteiger partial charge on any atom is 0.205 e. The summed E-state index contributed by atoms with van der Waals surface area (Å²) in [6.07, 6.45) is 3.97. The smallest absolute Gasteiger partial charge is 0.205 e. The molecule has 0 saturated heterocycles. The van der Waals surface area contributed by atoms with E-state index < -0.39 is 0 Å². The SMILES string of the molecule is CC1CCCC1Nc1nncs1.